The molecule has 1 N–H and O–H groups in total. The van der Waals surface area contributed by atoms with Gasteiger partial charge in [0, 0.05) is 5.03 Å². The fraction of sp³-hybridized carbons (Fsp3) is 0.357. The summed E-state index contributed by atoms with van der Waals surface area (Å²) in [5, 5.41) is 9.70. The van der Waals surface area contributed by atoms with Gasteiger partial charge in [-0.25, -0.2) is 0 Å². The number of carbonyl (C=O) groups is 1. The van der Waals surface area contributed by atoms with Gasteiger partial charge in [0.15, 0.2) is 0 Å². The smallest absolute Gasteiger partial charge is 0.307 e. The van der Waals surface area contributed by atoms with Gasteiger partial charge in [0.25, 0.3) is 0 Å². The molecule has 1 saturated carbocycles. The van der Waals surface area contributed by atoms with Crippen LogP contribution in [-0.2, 0) is 4.79 Å². The topological polar surface area (TPSA) is 37.3 Å². The molecule has 0 spiro atoms. The first kappa shape index (κ1) is 12.2. The van der Waals surface area contributed by atoms with Crippen molar-refractivity contribution in [2.45, 2.75) is 13.8 Å². The van der Waals surface area contributed by atoms with Crippen LogP contribution in [0.4, 0.5) is 0 Å². The predicted octanol–water partition coefficient (Wildman–Crippen LogP) is 3.62. The Morgan fingerprint density at radius 2 is 1.94 bits per heavy atom. The van der Waals surface area contributed by atoms with E-state index in [1.165, 1.54) is 0 Å². The highest BCUT2D eigenvalue weighted by Gasteiger charge is 2.60. The van der Waals surface area contributed by atoms with Crippen molar-refractivity contribution < 1.29 is 9.90 Å². The van der Waals surface area contributed by atoms with Crippen molar-refractivity contribution in [3.8, 4) is 0 Å². The molecule has 0 amide bonds. The van der Waals surface area contributed by atoms with Crippen LogP contribution in [0, 0.1) is 17.3 Å². The molecule has 0 saturated heterocycles. The first-order chi connectivity index (χ1) is 7.94. The largest absolute Gasteiger partial charge is 0.481 e. The first-order valence-corrected chi connectivity index (χ1v) is 5.98. The highest BCUT2D eigenvalue weighted by molar-refractivity contribution is 6.48. The number of benzene rings is 1. The quantitative estimate of drug-likeness (QED) is 0.890. The lowest BCUT2D eigenvalue weighted by atomic mass is 10.1. The van der Waals surface area contributed by atoms with E-state index in [1.54, 1.807) is 0 Å². The Balaban J connectivity index is 2.20. The maximum atomic E-state index is 11.0. The molecule has 2 atom stereocenters. The molecule has 1 aliphatic carbocycles. The Morgan fingerprint density at radius 1 is 1.35 bits per heavy atom. The van der Waals surface area contributed by atoms with Gasteiger partial charge in [0.05, 0.1) is 5.92 Å². The van der Waals surface area contributed by atoms with Crippen molar-refractivity contribution in [2.75, 3.05) is 0 Å². The normalized spacial score (nSPS) is 26.6. The van der Waals surface area contributed by atoms with Crippen LogP contribution in [0.5, 0.6) is 0 Å². The summed E-state index contributed by atoms with van der Waals surface area (Å²) in [7, 11) is 0. The van der Waals surface area contributed by atoms with Gasteiger partial charge >= 0.3 is 5.97 Å². The van der Waals surface area contributed by atoms with Gasteiger partial charge in [-0.2, -0.15) is 0 Å². The zero-order valence-corrected chi connectivity index (χ0v) is 10.6. The lowest BCUT2D eigenvalue weighted by molar-refractivity contribution is -0.139. The van der Waals surface area contributed by atoms with Gasteiger partial charge in [-0.1, -0.05) is 61.9 Å². The summed E-state index contributed by atoms with van der Waals surface area (Å²) in [6.07, 6.45) is 1.87. The van der Waals surface area contributed by atoms with Crippen LogP contribution in [0.1, 0.15) is 19.4 Å². The lowest BCUT2D eigenvalue weighted by Crippen LogP contribution is -2.03. The van der Waals surface area contributed by atoms with Crippen molar-refractivity contribution in [3.63, 3.8) is 0 Å². The predicted molar refractivity (Wildman–Crippen MR) is 68.7 cm³/mol. The molecule has 0 heterocycles. The third-order valence-corrected chi connectivity index (χ3v) is 3.90. The number of hydrogen-bond donors (Lipinski definition) is 1. The molecule has 0 bridgehead atoms. The zero-order valence-electron chi connectivity index (χ0n) is 9.85. The van der Waals surface area contributed by atoms with Crippen molar-refractivity contribution in [2.24, 2.45) is 17.3 Å². The molecule has 0 aromatic heterocycles. The Hall–Kier alpha value is -1.28. The number of allylic oxidation sites excluding steroid dienone is 1. The highest BCUT2D eigenvalue weighted by atomic mass is 35.5. The monoisotopic (exact) mass is 250 g/mol. The average molecular weight is 251 g/mol. The van der Waals surface area contributed by atoms with Crippen molar-refractivity contribution >= 4 is 22.6 Å². The molecule has 1 aromatic carbocycles. The van der Waals surface area contributed by atoms with Crippen LogP contribution in [-0.4, -0.2) is 11.1 Å². The first-order valence-electron chi connectivity index (χ1n) is 5.60. The summed E-state index contributed by atoms with van der Waals surface area (Å²) in [6, 6.07) is 9.60. The minimum Gasteiger partial charge on any atom is -0.481 e. The Kier molecular flexibility index (Phi) is 3.00. The summed E-state index contributed by atoms with van der Waals surface area (Å²) < 4.78 is 0. The van der Waals surface area contributed by atoms with Gasteiger partial charge in [-0.05, 0) is 16.9 Å². The molecule has 1 aromatic rings. The van der Waals surface area contributed by atoms with Gasteiger partial charge < -0.3 is 5.11 Å². The molecule has 0 radical (unpaired) electrons. The minimum atomic E-state index is -0.742. The maximum absolute atomic E-state index is 11.0. The third kappa shape index (κ3) is 2.22. The summed E-state index contributed by atoms with van der Waals surface area (Å²) in [4.78, 5) is 11.0. The fourth-order valence-corrected chi connectivity index (χ4v) is 2.57. The molecule has 2 unspecified atom stereocenters. The molecule has 17 heavy (non-hydrogen) atoms. The third-order valence-electron chi connectivity index (χ3n) is 3.55. The van der Waals surface area contributed by atoms with Crippen molar-refractivity contribution in [3.05, 3.63) is 42.0 Å². The molecule has 90 valence electrons. The number of aliphatic carboxylic acids is 1. The molecule has 0 aliphatic heterocycles. The molecule has 3 heteroatoms. The van der Waals surface area contributed by atoms with Gasteiger partial charge in [0.2, 0.25) is 0 Å². The van der Waals surface area contributed by atoms with E-state index in [2.05, 4.69) is 0 Å². The SMILES string of the molecule is CC1(C)C(/C=C(\Cl)c2ccccc2)C1C(=O)O. The molecular weight excluding hydrogens is 236 g/mol. The Bertz CT molecular complexity index is 462. The summed E-state index contributed by atoms with van der Waals surface area (Å²) in [6.45, 7) is 3.92. The second-order valence-corrected chi connectivity index (χ2v) is 5.45. The van der Waals surface area contributed by atoms with E-state index in [4.69, 9.17) is 16.7 Å². The van der Waals surface area contributed by atoms with Crippen LogP contribution in [0.3, 0.4) is 0 Å². The second-order valence-electron chi connectivity index (χ2n) is 5.04. The highest BCUT2D eigenvalue weighted by Crippen LogP contribution is 2.59. The van der Waals surface area contributed by atoms with Crippen LogP contribution in [0.15, 0.2) is 36.4 Å². The van der Waals surface area contributed by atoms with E-state index in [-0.39, 0.29) is 17.3 Å². The van der Waals surface area contributed by atoms with Gasteiger partial charge in [0.1, 0.15) is 0 Å². The second kappa shape index (κ2) is 4.19. The van der Waals surface area contributed by atoms with Crippen molar-refractivity contribution in [1.82, 2.24) is 0 Å². The summed E-state index contributed by atoms with van der Waals surface area (Å²) in [5.74, 6) is -1.04. The van der Waals surface area contributed by atoms with E-state index < -0.39 is 5.97 Å². The van der Waals surface area contributed by atoms with E-state index in [1.807, 2.05) is 50.3 Å². The molecule has 1 fully saturated rings. The number of halogens is 1. The minimum absolute atomic E-state index is 0.0210. The van der Waals surface area contributed by atoms with E-state index in [0.717, 1.165) is 5.56 Å². The summed E-state index contributed by atoms with van der Waals surface area (Å²) in [5.41, 5.74) is 0.738. The van der Waals surface area contributed by atoms with Crippen LogP contribution >= 0.6 is 11.6 Å². The number of carboxylic acid groups (broad SMARTS) is 1. The van der Waals surface area contributed by atoms with Crippen LogP contribution in [0.2, 0.25) is 0 Å². The van der Waals surface area contributed by atoms with E-state index >= 15 is 0 Å². The fourth-order valence-electron chi connectivity index (χ4n) is 2.31. The molecule has 1 aliphatic rings. The number of hydrogen-bond acceptors (Lipinski definition) is 1. The van der Waals surface area contributed by atoms with Crippen molar-refractivity contribution in [1.29, 1.82) is 0 Å². The van der Waals surface area contributed by atoms with E-state index in [0.29, 0.717) is 5.03 Å². The van der Waals surface area contributed by atoms with Crippen LogP contribution in [0.25, 0.3) is 5.03 Å². The average Bonchev–Trinajstić information content (AvgIpc) is 2.81. The number of rotatable bonds is 3. The van der Waals surface area contributed by atoms with Gasteiger partial charge in [-0.3, -0.25) is 4.79 Å². The Morgan fingerprint density at radius 3 is 2.41 bits per heavy atom. The number of carboxylic acids is 1. The van der Waals surface area contributed by atoms with Crippen LogP contribution < -0.4 is 0 Å². The van der Waals surface area contributed by atoms with Gasteiger partial charge in [-0.15, -0.1) is 0 Å². The summed E-state index contributed by atoms with van der Waals surface area (Å²) >= 11 is 6.21. The van der Waals surface area contributed by atoms with E-state index in [9.17, 15) is 4.79 Å². The Labute approximate surface area is 106 Å². The molecular formula is C14H15ClO2. The lowest BCUT2D eigenvalue weighted by Gasteiger charge is -2.00. The molecule has 2 nitrogen and oxygen atoms in total. The standard InChI is InChI=1S/C14H15ClO2/c1-14(2)10(12(14)13(16)17)8-11(15)9-6-4-3-5-7-9/h3-8,10,12H,1-2H3,(H,16,17)/b11-8-. The molecule has 2 rings (SSSR count). The maximum Gasteiger partial charge on any atom is 0.307 e. The zero-order chi connectivity index (χ0) is 12.6.